The zero-order valence-electron chi connectivity index (χ0n) is 20.5. The topological polar surface area (TPSA) is 120 Å². The summed E-state index contributed by atoms with van der Waals surface area (Å²) in [6.45, 7) is 0.00165. The van der Waals surface area contributed by atoms with E-state index in [0.717, 1.165) is 21.9 Å². The number of anilines is 1. The van der Waals surface area contributed by atoms with Crippen LogP contribution in [0.1, 0.15) is 29.2 Å². The first kappa shape index (κ1) is 24.6. The van der Waals surface area contributed by atoms with Crippen molar-refractivity contribution in [3.05, 3.63) is 74.5 Å². The highest BCUT2D eigenvalue weighted by Gasteiger charge is 2.69. The van der Waals surface area contributed by atoms with Crippen LogP contribution >= 0.6 is 23.1 Å². The number of likely N-dealkylation sites (tertiary alicyclic amines) is 1. The number of phenolic OH excluding ortho intramolecular Hbond substituents is 1. The summed E-state index contributed by atoms with van der Waals surface area (Å²) >= 11 is 2.81. The molecule has 2 saturated carbocycles. The van der Waals surface area contributed by atoms with Crippen molar-refractivity contribution in [2.75, 3.05) is 11.9 Å². The van der Waals surface area contributed by atoms with Gasteiger partial charge in [0.25, 0.3) is 0 Å². The van der Waals surface area contributed by atoms with E-state index in [-0.39, 0.29) is 70.2 Å². The van der Waals surface area contributed by atoms with Gasteiger partial charge in [-0.15, -0.1) is 11.8 Å². The van der Waals surface area contributed by atoms with E-state index < -0.39 is 17.7 Å². The summed E-state index contributed by atoms with van der Waals surface area (Å²) in [5.41, 5.74) is 1.43. The van der Waals surface area contributed by atoms with Gasteiger partial charge in [-0.2, -0.15) is 0 Å². The molecule has 39 heavy (non-hydrogen) atoms. The zero-order chi connectivity index (χ0) is 27.0. The number of imide groups is 1. The maximum Gasteiger partial charge on any atom is 0.305 e. The van der Waals surface area contributed by atoms with Gasteiger partial charge in [0.15, 0.2) is 0 Å². The number of thiazole rings is 1. The van der Waals surface area contributed by atoms with E-state index in [4.69, 9.17) is 0 Å². The molecule has 4 aliphatic rings. The van der Waals surface area contributed by atoms with Crippen LogP contribution < -0.4 is 10.2 Å². The lowest BCUT2D eigenvalue weighted by Gasteiger charge is -2.43. The summed E-state index contributed by atoms with van der Waals surface area (Å²) in [4.78, 5) is 57.1. The van der Waals surface area contributed by atoms with Crippen LogP contribution in [0, 0.1) is 35.4 Å². The number of benzene rings is 2. The number of phenols is 1. The molecule has 3 amide bonds. The lowest BCUT2D eigenvalue weighted by atomic mass is 9.68. The number of aromatic nitrogens is 1. The van der Waals surface area contributed by atoms with Crippen molar-refractivity contribution in [3.8, 4) is 5.75 Å². The normalized spacial score (nSPS) is 30.3. The molecule has 7 rings (SSSR count). The molecule has 2 aliphatic heterocycles. The number of hydrogen-bond acceptors (Lipinski definition) is 7. The molecule has 8 nitrogen and oxygen atoms in total. The predicted molar refractivity (Wildman–Crippen MR) is 143 cm³/mol. The van der Waals surface area contributed by atoms with E-state index in [1.807, 2.05) is 12.1 Å². The van der Waals surface area contributed by atoms with E-state index in [9.17, 15) is 28.7 Å². The van der Waals surface area contributed by atoms with Crippen LogP contribution in [0.2, 0.25) is 0 Å². The third-order valence-electron chi connectivity index (χ3n) is 8.76. The molecular formula is C28H24FN3O5S2. The molecule has 3 N–H and O–H groups in total. The van der Waals surface area contributed by atoms with Crippen molar-refractivity contribution in [2.24, 2.45) is 29.6 Å². The van der Waals surface area contributed by atoms with Crippen LogP contribution in [0.25, 0.3) is 0 Å². The summed E-state index contributed by atoms with van der Waals surface area (Å²) in [7, 11) is 0. The van der Waals surface area contributed by atoms with Crippen molar-refractivity contribution < 1.29 is 23.9 Å². The Labute approximate surface area is 230 Å². The van der Waals surface area contributed by atoms with E-state index in [1.165, 1.54) is 40.5 Å². The second-order valence-electron chi connectivity index (χ2n) is 10.7. The zero-order valence-corrected chi connectivity index (χ0v) is 22.1. The molecule has 3 aromatic rings. The Balaban J connectivity index is 1.14. The molecule has 1 aromatic heterocycles. The second kappa shape index (κ2) is 9.06. The highest BCUT2D eigenvalue weighted by atomic mass is 32.2. The summed E-state index contributed by atoms with van der Waals surface area (Å²) in [6.07, 6.45) is 0.738. The van der Waals surface area contributed by atoms with Crippen molar-refractivity contribution in [1.82, 2.24) is 9.88 Å². The van der Waals surface area contributed by atoms with Crippen LogP contribution in [-0.2, 0) is 14.4 Å². The van der Waals surface area contributed by atoms with Crippen LogP contribution in [0.3, 0.4) is 0 Å². The monoisotopic (exact) mass is 565 g/mol. The number of nitrogens with zero attached hydrogens (tertiary/aromatic N) is 1. The fourth-order valence-corrected chi connectivity index (χ4v) is 10.2. The summed E-state index contributed by atoms with van der Waals surface area (Å²) in [6, 6.07) is 12.4. The van der Waals surface area contributed by atoms with Crippen LogP contribution in [-0.4, -0.2) is 44.5 Å². The first-order valence-electron chi connectivity index (χ1n) is 12.9. The Kier molecular flexibility index (Phi) is 5.71. The molecule has 200 valence electrons. The Morgan fingerprint density at radius 1 is 1.03 bits per heavy atom. The Hall–Kier alpha value is -3.44. The number of halogens is 1. The first-order chi connectivity index (χ1) is 18.8. The fourth-order valence-electron chi connectivity index (χ4n) is 7.32. The van der Waals surface area contributed by atoms with Crippen molar-refractivity contribution in [1.29, 1.82) is 0 Å². The molecule has 0 spiro atoms. The fraction of sp³-hybridized carbons (Fsp3) is 0.357. The number of aromatic amines is 1. The molecule has 0 radical (unpaired) electrons. The number of amides is 3. The lowest BCUT2D eigenvalue weighted by molar-refractivity contribution is -0.141. The number of rotatable bonds is 5. The summed E-state index contributed by atoms with van der Waals surface area (Å²) < 4.78 is 13.1. The molecule has 3 heterocycles. The van der Waals surface area contributed by atoms with Gasteiger partial charge in [-0.1, -0.05) is 23.5 Å². The first-order valence-corrected chi connectivity index (χ1v) is 14.6. The number of hydrogen-bond donors (Lipinski definition) is 3. The molecule has 1 saturated heterocycles. The van der Waals surface area contributed by atoms with Crippen molar-refractivity contribution in [3.63, 3.8) is 0 Å². The minimum atomic E-state index is -0.429. The van der Waals surface area contributed by atoms with Gasteiger partial charge in [0.05, 0.1) is 16.9 Å². The molecule has 7 unspecified atom stereocenters. The molecule has 7 atom stereocenters. The average molecular weight is 566 g/mol. The van der Waals surface area contributed by atoms with Crippen LogP contribution in [0.5, 0.6) is 5.75 Å². The summed E-state index contributed by atoms with van der Waals surface area (Å²) in [5, 5.41) is 13.4. The second-order valence-corrected chi connectivity index (χ2v) is 12.9. The molecule has 11 heteroatoms. The van der Waals surface area contributed by atoms with Gasteiger partial charge >= 0.3 is 4.87 Å². The smallest absolute Gasteiger partial charge is 0.305 e. The number of carbonyl (C=O) groups excluding carboxylic acids is 3. The maximum absolute atomic E-state index is 13.6. The van der Waals surface area contributed by atoms with Gasteiger partial charge in [-0.05, 0) is 66.1 Å². The maximum atomic E-state index is 13.6. The van der Waals surface area contributed by atoms with Gasteiger partial charge in [0, 0.05) is 34.7 Å². The third-order valence-corrected chi connectivity index (χ3v) is 11.3. The molecule has 2 bridgehead atoms. The van der Waals surface area contributed by atoms with Gasteiger partial charge in [-0.25, -0.2) is 4.39 Å². The van der Waals surface area contributed by atoms with E-state index in [2.05, 4.69) is 10.3 Å². The average Bonchev–Trinajstić information content (AvgIpc) is 3.64. The number of thioether (sulfide) groups is 1. The van der Waals surface area contributed by atoms with E-state index >= 15 is 0 Å². The Bertz CT molecular complexity index is 1550. The largest absolute Gasteiger partial charge is 0.508 e. The highest BCUT2D eigenvalue weighted by molar-refractivity contribution is 8.00. The quantitative estimate of drug-likeness (QED) is 0.405. The number of carbonyl (C=O) groups is 3. The van der Waals surface area contributed by atoms with Crippen molar-refractivity contribution >= 4 is 46.5 Å². The number of nitrogens with one attached hydrogen (secondary N) is 2. The van der Waals surface area contributed by atoms with Gasteiger partial charge < -0.3 is 15.4 Å². The van der Waals surface area contributed by atoms with E-state index in [0.29, 0.717) is 5.69 Å². The number of aromatic hydroxyl groups is 1. The molecular weight excluding hydrogens is 541 g/mol. The van der Waals surface area contributed by atoms with Gasteiger partial charge in [0.1, 0.15) is 11.6 Å². The van der Waals surface area contributed by atoms with Crippen LogP contribution in [0.4, 0.5) is 10.1 Å². The minimum absolute atomic E-state index is 0.000610. The summed E-state index contributed by atoms with van der Waals surface area (Å²) in [5.74, 6) is -1.92. The Morgan fingerprint density at radius 2 is 1.72 bits per heavy atom. The van der Waals surface area contributed by atoms with Gasteiger partial charge in [-0.3, -0.25) is 24.1 Å². The van der Waals surface area contributed by atoms with Gasteiger partial charge in [0.2, 0.25) is 17.7 Å². The lowest BCUT2D eigenvalue weighted by Crippen LogP contribution is -2.42. The predicted octanol–water partition coefficient (Wildman–Crippen LogP) is 3.78. The number of H-pyrrole nitrogens is 1. The minimum Gasteiger partial charge on any atom is -0.508 e. The van der Waals surface area contributed by atoms with Crippen molar-refractivity contribution in [2.45, 2.75) is 29.0 Å². The molecule has 2 aromatic carbocycles. The van der Waals surface area contributed by atoms with Crippen LogP contribution in [0.15, 0.2) is 58.4 Å². The van der Waals surface area contributed by atoms with E-state index in [1.54, 1.807) is 23.9 Å². The number of fused-ring (bicyclic) bond motifs is 9. The SMILES string of the molecule is O=C(CCN1C(=O)C2C3CC(C2C1=O)C1C(c2ccc(O)cc2)c2sc(=O)[nH]c2SC31)Nc1ccc(F)cc1. The molecule has 2 aliphatic carbocycles. The Morgan fingerprint density at radius 3 is 2.44 bits per heavy atom. The third kappa shape index (κ3) is 3.85. The standard InChI is InChI=1S/C28H24FN3O5S2/c29-13-3-5-14(6-4-13)30-18(34)9-10-32-26(35)21-16-11-17(22(21)27(32)36)23-20(16)19(12-1-7-15(33)8-2-12)24-25(38-23)31-28(37)39-24/h1-8,16-17,19-23,33H,9-11H2,(H,30,34)(H,31,37). The molecule has 3 fully saturated rings. The highest BCUT2D eigenvalue weighted by Crippen LogP contribution is 2.68.